The molecule has 2 nitrogen and oxygen atoms in total. The fourth-order valence-electron chi connectivity index (χ4n) is 1.56. The first kappa shape index (κ1) is 14.3. The second-order valence-corrected chi connectivity index (χ2v) is 4.75. The van der Waals surface area contributed by atoms with Gasteiger partial charge in [0.15, 0.2) is 0 Å². The molecule has 96 valence electrons. The maximum absolute atomic E-state index is 6.17. The van der Waals surface area contributed by atoms with E-state index in [1.54, 1.807) is 0 Å². The zero-order chi connectivity index (χ0) is 12.7. The summed E-state index contributed by atoms with van der Waals surface area (Å²) in [5.41, 5.74) is 7.09. The van der Waals surface area contributed by atoms with E-state index >= 15 is 0 Å². The average molecular weight is 256 g/mol. The van der Waals surface area contributed by atoms with Crippen molar-refractivity contribution < 1.29 is 4.74 Å². The van der Waals surface area contributed by atoms with Crippen LogP contribution in [-0.2, 0) is 6.42 Å². The Balaban J connectivity index is 2.59. The van der Waals surface area contributed by atoms with Crippen LogP contribution >= 0.6 is 11.6 Å². The zero-order valence-electron chi connectivity index (χ0n) is 10.7. The second kappa shape index (κ2) is 7.57. The lowest BCUT2D eigenvalue weighted by Crippen LogP contribution is -2.21. The van der Waals surface area contributed by atoms with E-state index in [0.717, 1.165) is 38.0 Å². The van der Waals surface area contributed by atoms with Crippen molar-refractivity contribution in [3.8, 4) is 5.75 Å². The number of hydrogen-bond acceptors (Lipinski definition) is 2. The van der Waals surface area contributed by atoms with Crippen LogP contribution in [0.3, 0.4) is 0 Å². The summed E-state index contributed by atoms with van der Waals surface area (Å²) in [6.45, 7) is 4.96. The lowest BCUT2D eigenvalue weighted by atomic mass is 10.0. The second-order valence-electron chi connectivity index (χ2n) is 4.34. The van der Waals surface area contributed by atoms with Gasteiger partial charge in [-0.15, -0.1) is 0 Å². The number of halogens is 1. The molecule has 1 aromatic carbocycles. The van der Waals surface area contributed by atoms with Gasteiger partial charge in [-0.2, -0.15) is 0 Å². The fraction of sp³-hybridized carbons (Fsp3) is 0.571. The van der Waals surface area contributed by atoms with Crippen molar-refractivity contribution in [2.75, 3.05) is 6.61 Å². The quantitative estimate of drug-likeness (QED) is 0.753. The average Bonchev–Trinajstić information content (AvgIpc) is 2.32. The molecule has 0 amide bonds. The normalized spacial score (nSPS) is 12.5. The van der Waals surface area contributed by atoms with Crippen LogP contribution in [0.5, 0.6) is 5.75 Å². The van der Waals surface area contributed by atoms with Gasteiger partial charge in [-0.1, -0.05) is 37.9 Å². The Morgan fingerprint density at radius 2 is 2.12 bits per heavy atom. The Morgan fingerprint density at radius 1 is 1.35 bits per heavy atom. The minimum absolute atomic E-state index is 0.206. The molecule has 0 aromatic heterocycles. The van der Waals surface area contributed by atoms with Crippen molar-refractivity contribution in [3.05, 3.63) is 28.8 Å². The monoisotopic (exact) mass is 255 g/mol. The van der Waals surface area contributed by atoms with Gasteiger partial charge in [0.2, 0.25) is 0 Å². The Morgan fingerprint density at radius 3 is 2.71 bits per heavy atom. The number of benzene rings is 1. The van der Waals surface area contributed by atoms with Gasteiger partial charge in [0.05, 0.1) is 11.6 Å². The van der Waals surface area contributed by atoms with Crippen LogP contribution in [0.1, 0.15) is 38.7 Å². The van der Waals surface area contributed by atoms with Crippen molar-refractivity contribution in [2.45, 2.75) is 45.6 Å². The molecule has 1 atom stereocenters. The van der Waals surface area contributed by atoms with Gasteiger partial charge in [0.1, 0.15) is 5.75 Å². The molecule has 0 aliphatic rings. The van der Waals surface area contributed by atoms with Gasteiger partial charge in [-0.05, 0) is 37.0 Å². The smallest absolute Gasteiger partial charge is 0.137 e. The molecule has 0 saturated carbocycles. The van der Waals surface area contributed by atoms with E-state index < -0.39 is 0 Å². The third-order valence-electron chi connectivity index (χ3n) is 2.77. The molecule has 0 aliphatic heterocycles. The summed E-state index contributed by atoms with van der Waals surface area (Å²) in [5, 5.41) is 0.682. The predicted molar refractivity (Wildman–Crippen MR) is 73.8 cm³/mol. The Bertz CT molecular complexity index is 341. The summed E-state index contributed by atoms with van der Waals surface area (Å²) in [7, 11) is 0. The molecule has 1 unspecified atom stereocenters. The van der Waals surface area contributed by atoms with Crippen molar-refractivity contribution in [1.29, 1.82) is 0 Å². The maximum Gasteiger partial charge on any atom is 0.137 e. The molecule has 0 saturated heterocycles. The summed E-state index contributed by atoms with van der Waals surface area (Å²) in [6.07, 6.45) is 4.03. The first-order valence-electron chi connectivity index (χ1n) is 6.34. The van der Waals surface area contributed by atoms with Gasteiger partial charge in [-0.3, -0.25) is 0 Å². The van der Waals surface area contributed by atoms with Gasteiger partial charge in [-0.25, -0.2) is 0 Å². The maximum atomic E-state index is 6.17. The summed E-state index contributed by atoms with van der Waals surface area (Å²) in [5.74, 6) is 0.772. The number of ether oxygens (including phenoxy) is 1. The molecule has 3 heteroatoms. The molecule has 1 rings (SSSR count). The molecule has 17 heavy (non-hydrogen) atoms. The number of hydrogen-bond donors (Lipinski definition) is 1. The van der Waals surface area contributed by atoms with E-state index in [4.69, 9.17) is 22.1 Å². The van der Waals surface area contributed by atoms with E-state index in [0.29, 0.717) is 5.02 Å². The van der Waals surface area contributed by atoms with Gasteiger partial charge in [0, 0.05) is 6.04 Å². The summed E-state index contributed by atoms with van der Waals surface area (Å²) in [4.78, 5) is 0. The van der Waals surface area contributed by atoms with E-state index in [2.05, 4.69) is 13.8 Å². The van der Waals surface area contributed by atoms with E-state index in [1.165, 1.54) is 5.56 Å². The van der Waals surface area contributed by atoms with Crippen LogP contribution in [0, 0.1) is 0 Å². The highest BCUT2D eigenvalue weighted by atomic mass is 35.5. The molecule has 0 heterocycles. The molecular weight excluding hydrogens is 234 g/mol. The van der Waals surface area contributed by atoms with Crippen LogP contribution < -0.4 is 10.5 Å². The lowest BCUT2D eigenvalue weighted by molar-refractivity contribution is 0.309. The fourth-order valence-corrected chi connectivity index (χ4v) is 1.82. The highest BCUT2D eigenvalue weighted by Gasteiger charge is 2.06. The van der Waals surface area contributed by atoms with E-state index in [9.17, 15) is 0 Å². The van der Waals surface area contributed by atoms with Crippen LogP contribution in [-0.4, -0.2) is 12.6 Å². The number of unbranched alkanes of at least 4 members (excludes halogenated alkanes) is 1. The van der Waals surface area contributed by atoms with Crippen LogP contribution in [0.4, 0.5) is 0 Å². The molecule has 0 fully saturated rings. The highest BCUT2D eigenvalue weighted by Crippen LogP contribution is 2.26. The number of rotatable bonds is 7. The van der Waals surface area contributed by atoms with Crippen molar-refractivity contribution in [1.82, 2.24) is 0 Å². The largest absolute Gasteiger partial charge is 0.492 e. The van der Waals surface area contributed by atoms with Crippen molar-refractivity contribution in [2.24, 2.45) is 5.73 Å². The molecule has 0 radical (unpaired) electrons. The van der Waals surface area contributed by atoms with Gasteiger partial charge >= 0.3 is 0 Å². The highest BCUT2D eigenvalue weighted by molar-refractivity contribution is 6.32. The van der Waals surface area contributed by atoms with Crippen molar-refractivity contribution in [3.63, 3.8) is 0 Å². The molecule has 0 aliphatic carbocycles. The van der Waals surface area contributed by atoms with Crippen LogP contribution in [0.25, 0.3) is 0 Å². The van der Waals surface area contributed by atoms with Crippen molar-refractivity contribution >= 4 is 11.6 Å². The summed E-state index contributed by atoms with van der Waals surface area (Å²) >= 11 is 6.17. The first-order chi connectivity index (χ1) is 8.17. The SMILES string of the molecule is CCCCOc1ccc(CC(N)CC)cc1Cl. The standard InChI is InChI=1S/C14H22ClNO/c1-3-5-8-17-14-7-6-11(10-13(14)15)9-12(16)4-2/h6-7,10,12H,3-5,8-9,16H2,1-2H3. The van der Waals surface area contributed by atoms with Gasteiger partial charge < -0.3 is 10.5 Å². The third kappa shape index (κ3) is 4.97. The Labute approximate surface area is 109 Å². The number of nitrogens with two attached hydrogens (primary N) is 1. The molecule has 2 N–H and O–H groups in total. The van der Waals surface area contributed by atoms with Crippen LogP contribution in [0.15, 0.2) is 18.2 Å². The Hall–Kier alpha value is -0.730. The lowest BCUT2D eigenvalue weighted by Gasteiger charge is -2.11. The molecular formula is C14H22ClNO. The van der Waals surface area contributed by atoms with Crippen LogP contribution in [0.2, 0.25) is 5.02 Å². The van der Waals surface area contributed by atoms with Gasteiger partial charge in [0.25, 0.3) is 0 Å². The third-order valence-corrected chi connectivity index (χ3v) is 3.07. The topological polar surface area (TPSA) is 35.2 Å². The molecule has 0 spiro atoms. The molecule has 1 aromatic rings. The molecule has 0 bridgehead atoms. The van der Waals surface area contributed by atoms with E-state index in [1.807, 2.05) is 18.2 Å². The minimum atomic E-state index is 0.206. The summed E-state index contributed by atoms with van der Waals surface area (Å²) < 4.78 is 5.60. The first-order valence-corrected chi connectivity index (χ1v) is 6.72. The Kier molecular flexibility index (Phi) is 6.38. The summed E-state index contributed by atoms with van der Waals surface area (Å²) in [6, 6.07) is 6.15. The minimum Gasteiger partial charge on any atom is -0.492 e. The van der Waals surface area contributed by atoms with E-state index in [-0.39, 0.29) is 6.04 Å². The zero-order valence-corrected chi connectivity index (χ0v) is 11.5. The predicted octanol–water partition coefficient (Wildman–Crippen LogP) is 3.80.